The molecule has 4 nitrogen and oxygen atoms in total. The average Bonchev–Trinajstić information content (AvgIpc) is 3.60. The molecule has 2 aliphatic rings. The van der Waals surface area contributed by atoms with Crippen molar-refractivity contribution in [3.8, 4) is 56.3 Å². The SMILES string of the molecule is c1ccc(-c2nc3cc(-c4cc(-c5ccccn5)nc(-c5ccccn5)c4)ccc3c3c4c(ccc23)C2(c3ccccc3Sc3ccccc32)c2ccccc2-4)cc1. The number of fused-ring (bicyclic) bond motifs is 13. The second-order valence-corrected chi connectivity index (χ2v) is 16.0. The third-order valence-electron chi connectivity index (χ3n) is 11.8. The molecule has 0 unspecified atom stereocenters. The van der Waals surface area contributed by atoms with Gasteiger partial charge in [0.15, 0.2) is 0 Å². The fraction of sp³-hybridized carbons (Fsp3) is 0.0189. The topological polar surface area (TPSA) is 51.6 Å². The standard InChI is InChI=1S/C53H32N4S/c1-2-14-33(15-3-1)52-38-26-27-42-51(36-16-4-5-17-39(36)53(42)40-18-6-8-22-48(40)58-49-23-9-7-19-41(49)53)50(38)37-25-24-34(30-45(37)57-52)35-31-46(43-20-10-12-28-54-43)56-47(32-35)44-21-11-13-29-55-44/h1-32H. The van der Waals surface area contributed by atoms with Gasteiger partial charge in [-0.1, -0.05) is 139 Å². The molecule has 0 fully saturated rings. The summed E-state index contributed by atoms with van der Waals surface area (Å²) in [5.74, 6) is 0. The van der Waals surface area contributed by atoms with Crippen LogP contribution in [0.1, 0.15) is 22.3 Å². The fourth-order valence-electron chi connectivity index (χ4n) is 9.42. The normalized spacial score (nSPS) is 13.2. The molecule has 0 N–H and O–H groups in total. The zero-order valence-corrected chi connectivity index (χ0v) is 32.0. The molecule has 0 atom stereocenters. The maximum absolute atomic E-state index is 5.53. The van der Waals surface area contributed by atoms with E-state index in [1.165, 1.54) is 48.6 Å². The lowest BCUT2D eigenvalue weighted by Crippen LogP contribution is -2.31. The Labute approximate surface area is 340 Å². The number of hydrogen-bond acceptors (Lipinski definition) is 5. The molecule has 1 aliphatic heterocycles. The Hall–Kier alpha value is -7.21. The van der Waals surface area contributed by atoms with Gasteiger partial charge in [0.25, 0.3) is 0 Å². The third-order valence-corrected chi connectivity index (χ3v) is 13.0. The zero-order chi connectivity index (χ0) is 38.2. The lowest BCUT2D eigenvalue weighted by molar-refractivity contribution is 0.723. The first-order chi connectivity index (χ1) is 28.8. The van der Waals surface area contributed by atoms with Gasteiger partial charge >= 0.3 is 0 Å². The van der Waals surface area contributed by atoms with Crippen LogP contribution >= 0.6 is 11.8 Å². The lowest BCUT2D eigenvalue weighted by atomic mass is 9.67. The van der Waals surface area contributed by atoms with E-state index in [9.17, 15) is 0 Å². The monoisotopic (exact) mass is 756 g/mol. The second kappa shape index (κ2) is 12.9. The summed E-state index contributed by atoms with van der Waals surface area (Å²) in [6.07, 6.45) is 3.62. The molecule has 0 saturated heterocycles. The highest BCUT2D eigenvalue weighted by Gasteiger charge is 2.50. The summed E-state index contributed by atoms with van der Waals surface area (Å²) in [5.41, 5.74) is 15.6. The fourth-order valence-corrected chi connectivity index (χ4v) is 10.6. The molecule has 5 heteroatoms. The molecular formula is C53H32N4S. The summed E-state index contributed by atoms with van der Waals surface area (Å²) in [6, 6.07) is 65.3. The van der Waals surface area contributed by atoms with Crippen LogP contribution in [0, 0.1) is 0 Å². The Balaban J connectivity index is 1.17. The van der Waals surface area contributed by atoms with Crippen LogP contribution in [0.15, 0.2) is 204 Å². The Morgan fingerprint density at radius 3 is 1.67 bits per heavy atom. The number of pyridine rings is 4. The van der Waals surface area contributed by atoms with Gasteiger partial charge in [-0.3, -0.25) is 9.97 Å². The van der Waals surface area contributed by atoms with E-state index in [1.807, 2.05) is 60.6 Å². The van der Waals surface area contributed by atoms with Crippen molar-refractivity contribution in [1.82, 2.24) is 19.9 Å². The molecule has 0 bridgehead atoms. The lowest BCUT2D eigenvalue weighted by Gasteiger charge is -2.39. The van der Waals surface area contributed by atoms with Crippen LogP contribution < -0.4 is 0 Å². The smallest absolute Gasteiger partial charge is 0.0900 e. The first-order valence-corrected chi connectivity index (χ1v) is 20.4. The molecule has 6 aromatic carbocycles. The van der Waals surface area contributed by atoms with Crippen LogP contribution in [0.3, 0.4) is 0 Å². The summed E-state index contributed by atoms with van der Waals surface area (Å²) in [6.45, 7) is 0. The highest BCUT2D eigenvalue weighted by molar-refractivity contribution is 7.99. The van der Waals surface area contributed by atoms with E-state index in [0.29, 0.717) is 0 Å². The van der Waals surface area contributed by atoms with E-state index < -0.39 is 5.41 Å². The van der Waals surface area contributed by atoms with Crippen LogP contribution in [-0.4, -0.2) is 19.9 Å². The average molecular weight is 757 g/mol. The Morgan fingerprint density at radius 2 is 1.00 bits per heavy atom. The number of hydrogen-bond donors (Lipinski definition) is 0. The van der Waals surface area contributed by atoms with Gasteiger partial charge in [-0.25, -0.2) is 9.97 Å². The van der Waals surface area contributed by atoms with Gasteiger partial charge < -0.3 is 0 Å². The van der Waals surface area contributed by atoms with Gasteiger partial charge in [0.2, 0.25) is 0 Å². The summed E-state index contributed by atoms with van der Waals surface area (Å²) < 4.78 is 0. The molecule has 12 rings (SSSR count). The maximum Gasteiger partial charge on any atom is 0.0900 e. The summed E-state index contributed by atoms with van der Waals surface area (Å²) >= 11 is 1.87. The first-order valence-electron chi connectivity index (χ1n) is 19.5. The van der Waals surface area contributed by atoms with Crippen molar-refractivity contribution in [3.05, 3.63) is 217 Å². The molecule has 0 radical (unpaired) electrons. The Bertz CT molecular complexity index is 3150. The first kappa shape index (κ1) is 33.0. The predicted molar refractivity (Wildman–Crippen MR) is 236 cm³/mol. The van der Waals surface area contributed by atoms with Gasteiger partial charge in [-0.15, -0.1) is 0 Å². The van der Waals surface area contributed by atoms with Crippen molar-refractivity contribution in [2.45, 2.75) is 15.2 Å². The van der Waals surface area contributed by atoms with Crippen LogP contribution in [0.5, 0.6) is 0 Å². The Morgan fingerprint density at radius 1 is 0.397 bits per heavy atom. The molecular weight excluding hydrogens is 725 g/mol. The van der Waals surface area contributed by atoms with Crippen molar-refractivity contribution in [3.63, 3.8) is 0 Å². The van der Waals surface area contributed by atoms with Gasteiger partial charge in [-0.05, 0) is 99.1 Å². The van der Waals surface area contributed by atoms with Crippen LogP contribution in [0.4, 0.5) is 0 Å². The minimum absolute atomic E-state index is 0.470. The van der Waals surface area contributed by atoms with E-state index in [2.05, 4.69) is 156 Å². The zero-order valence-electron chi connectivity index (χ0n) is 31.2. The predicted octanol–water partition coefficient (Wildman–Crippen LogP) is 13.1. The second-order valence-electron chi connectivity index (χ2n) is 14.9. The van der Waals surface area contributed by atoms with Crippen molar-refractivity contribution in [1.29, 1.82) is 0 Å². The molecule has 270 valence electrons. The van der Waals surface area contributed by atoms with Crippen molar-refractivity contribution < 1.29 is 0 Å². The molecule has 58 heavy (non-hydrogen) atoms. The maximum atomic E-state index is 5.53. The summed E-state index contributed by atoms with van der Waals surface area (Å²) in [7, 11) is 0. The summed E-state index contributed by atoms with van der Waals surface area (Å²) in [5, 5.41) is 3.49. The van der Waals surface area contributed by atoms with E-state index in [0.717, 1.165) is 61.4 Å². The summed E-state index contributed by atoms with van der Waals surface area (Å²) in [4.78, 5) is 22.5. The highest BCUT2D eigenvalue weighted by Crippen LogP contribution is 2.63. The minimum Gasteiger partial charge on any atom is -0.255 e. The van der Waals surface area contributed by atoms with Crippen LogP contribution in [0.25, 0.3) is 78.0 Å². The van der Waals surface area contributed by atoms with Crippen molar-refractivity contribution in [2.24, 2.45) is 0 Å². The van der Waals surface area contributed by atoms with E-state index in [1.54, 1.807) is 0 Å². The van der Waals surface area contributed by atoms with Gasteiger partial charge in [0, 0.05) is 43.9 Å². The van der Waals surface area contributed by atoms with Gasteiger partial charge in [0.05, 0.1) is 39.4 Å². The van der Waals surface area contributed by atoms with Gasteiger partial charge in [-0.2, -0.15) is 0 Å². The van der Waals surface area contributed by atoms with Crippen LogP contribution in [-0.2, 0) is 5.41 Å². The number of rotatable bonds is 4. The van der Waals surface area contributed by atoms with Crippen LogP contribution in [0.2, 0.25) is 0 Å². The van der Waals surface area contributed by atoms with E-state index in [-0.39, 0.29) is 0 Å². The number of nitrogens with zero attached hydrogens (tertiary/aromatic N) is 4. The van der Waals surface area contributed by atoms with Crippen molar-refractivity contribution in [2.75, 3.05) is 0 Å². The molecule has 1 spiro atoms. The quantitative estimate of drug-likeness (QED) is 0.167. The number of benzene rings is 6. The van der Waals surface area contributed by atoms with Crippen molar-refractivity contribution >= 4 is 33.4 Å². The number of aromatic nitrogens is 4. The molecule has 5 heterocycles. The largest absolute Gasteiger partial charge is 0.255 e. The van der Waals surface area contributed by atoms with E-state index >= 15 is 0 Å². The molecule has 10 aromatic rings. The molecule has 0 saturated carbocycles. The highest BCUT2D eigenvalue weighted by atomic mass is 32.2. The Kier molecular flexibility index (Phi) is 7.34. The van der Waals surface area contributed by atoms with Gasteiger partial charge in [0.1, 0.15) is 0 Å². The molecule has 1 aliphatic carbocycles. The molecule has 0 amide bonds. The van der Waals surface area contributed by atoms with E-state index in [4.69, 9.17) is 9.97 Å². The minimum atomic E-state index is -0.470. The third kappa shape index (κ3) is 4.84. The molecule has 4 aromatic heterocycles.